The average Bonchev–Trinajstić information content (AvgIpc) is 3.06. The van der Waals surface area contributed by atoms with E-state index in [1.165, 1.54) is 7.11 Å². The van der Waals surface area contributed by atoms with Gasteiger partial charge in [0.05, 0.1) is 25.8 Å². The van der Waals surface area contributed by atoms with Gasteiger partial charge in [-0.2, -0.15) is 0 Å². The first-order valence-electron chi connectivity index (χ1n) is 10.6. The Kier molecular flexibility index (Phi) is 7.34. The first kappa shape index (κ1) is 22.4. The minimum absolute atomic E-state index is 0.0962. The summed E-state index contributed by atoms with van der Waals surface area (Å²) < 4.78 is 10.8. The second-order valence-corrected chi connectivity index (χ2v) is 7.53. The number of likely N-dealkylation sites (tertiary alicyclic amines) is 1. The van der Waals surface area contributed by atoms with E-state index in [0.717, 1.165) is 25.7 Å². The predicted octanol–water partition coefficient (Wildman–Crippen LogP) is 4.71. The number of benzene rings is 2. The van der Waals surface area contributed by atoms with Gasteiger partial charge >= 0.3 is 0 Å². The van der Waals surface area contributed by atoms with Crippen molar-refractivity contribution in [2.24, 2.45) is 0 Å². The molecule has 1 amide bonds. The first-order chi connectivity index (χ1) is 15.0. The van der Waals surface area contributed by atoms with Crippen molar-refractivity contribution in [2.45, 2.75) is 38.6 Å². The number of aliphatic hydroxyl groups is 1. The second kappa shape index (κ2) is 10.2. The van der Waals surface area contributed by atoms with E-state index in [2.05, 4.69) is 6.92 Å². The summed E-state index contributed by atoms with van der Waals surface area (Å²) in [6.45, 7) is 2.56. The van der Waals surface area contributed by atoms with Crippen molar-refractivity contribution in [2.75, 3.05) is 20.8 Å². The van der Waals surface area contributed by atoms with E-state index in [1.54, 1.807) is 54.5 Å². The molecule has 1 aliphatic heterocycles. The summed E-state index contributed by atoms with van der Waals surface area (Å²) in [7, 11) is 3.08. The number of ether oxygens (including phenoxy) is 2. The number of carbonyl (C=O) groups is 2. The molecular weight excluding hydrogens is 394 g/mol. The summed E-state index contributed by atoms with van der Waals surface area (Å²) in [6, 6.07) is 13.4. The van der Waals surface area contributed by atoms with Gasteiger partial charge in [0.1, 0.15) is 5.76 Å². The standard InChI is InChI=1S/C25H29NO5/c1-4-5-6-10-15-26-22(18-13-14-19(30-2)20(16-18)31-3)21(24(28)25(26)29)23(27)17-11-8-7-9-12-17/h7-9,11-14,16,22,27H,4-6,10,15H2,1-3H3/t22-/m0/s1. The molecular formula is C25H29NO5. The Morgan fingerprint density at radius 3 is 2.32 bits per heavy atom. The van der Waals surface area contributed by atoms with Crippen LogP contribution in [0.2, 0.25) is 0 Å². The summed E-state index contributed by atoms with van der Waals surface area (Å²) in [4.78, 5) is 27.5. The van der Waals surface area contributed by atoms with Crippen molar-refractivity contribution in [1.29, 1.82) is 0 Å². The van der Waals surface area contributed by atoms with E-state index in [0.29, 0.717) is 29.2 Å². The molecule has 0 aliphatic carbocycles. The Morgan fingerprint density at radius 1 is 0.968 bits per heavy atom. The Hall–Kier alpha value is -3.28. The van der Waals surface area contributed by atoms with Crippen LogP contribution in [0.5, 0.6) is 11.5 Å². The summed E-state index contributed by atoms with van der Waals surface area (Å²) in [6.07, 6.45) is 3.90. The third-order valence-corrected chi connectivity index (χ3v) is 5.56. The number of hydrogen-bond donors (Lipinski definition) is 1. The van der Waals surface area contributed by atoms with Gasteiger partial charge in [-0.15, -0.1) is 0 Å². The molecule has 1 atom stereocenters. The third kappa shape index (κ3) is 4.58. The van der Waals surface area contributed by atoms with Crippen LogP contribution in [-0.2, 0) is 9.59 Å². The van der Waals surface area contributed by atoms with Crippen molar-refractivity contribution in [3.05, 3.63) is 65.2 Å². The number of hydrogen-bond acceptors (Lipinski definition) is 5. The Bertz CT molecular complexity index is 967. The molecule has 0 unspecified atom stereocenters. The van der Waals surface area contributed by atoms with Crippen molar-refractivity contribution in [3.8, 4) is 11.5 Å². The maximum absolute atomic E-state index is 13.0. The van der Waals surface area contributed by atoms with Gasteiger partial charge < -0.3 is 19.5 Å². The van der Waals surface area contributed by atoms with Crippen LogP contribution in [0.15, 0.2) is 54.1 Å². The van der Waals surface area contributed by atoms with Crippen LogP contribution in [0.4, 0.5) is 0 Å². The van der Waals surface area contributed by atoms with E-state index in [-0.39, 0.29) is 11.3 Å². The molecule has 0 radical (unpaired) electrons. The lowest BCUT2D eigenvalue weighted by atomic mass is 9.95. The average molecular weight is 424 g/mol. The van der Waals surface area contributed by atoms with Gasteiger partial charge in [0.2, 0.25) is 0 Å². The van der Waals surface area contributed by atoms with E-state index in [1.807, 2.05) is 6.07 Å². The topological polar surface area (TPSA) is 76.1 Å². The molecule has 1 aliphatic rings. The molecule has 0 aromatic heterocycles. The molecule has 6 nitrogen and oxygen atoms in total. The van der Waals surface area contributed by atoms with Gasteiger partial charge in [0.15, 0.2) is 11.5 Å². The molecule has 0 spiro atoms. The number of unbranched alkanes of at least 4 members (excludes halogenated alkanes) is 3. The highest BCUT2D eigenvalue weighted by molar-refractivity contribution is 6.46. The van der Waals surface area contributed by atoms with Crippen molar-refractivity contribution in [3.63, 3.8) is 0 Å². The maximum atomic E-state index is 13.0. The Balaban J connectivity index is 2.10. The number of amides is 1. The molecule has 3 rings (SSSR count). The largest absolute Gasteiger partial charge is 0.507 e. The SMILES string of the molecule is CCCCCCN1C(=O)C(=O)C(=C(O)c2ccccc2)[C@@H]1c1ccc(OC)c(OC)c1. The van der Waals surface area contributed by atoms with Gasteiger partial charge in [-0.3, -0.25) is 9.59 Å². The molecule has 1 saturated heterocycles. The quantitative estimate of drug-likeness (QED) is 0.274. The van der Waals surface area contributed by atoms with Gasteiger partial charge in [-0.1, -0.05) is 62.6 Å². The number of nitrogens with zero attached hydrogens (tertiary/aromatic N) is 1. The fourth-order valence-corrected chi connectivity index (χ4v) is 3.94. The van der Waals surface area contributed by atoms with Crippen LogP contribution in [-0.4, -0.2) is 42.5 Å². The summed E-state index contributed by atoms with van der Waals surface area (Å²) in [5, 5.41) is 11.0. The van der Waals surface area contributed by atoms with E-state index in [9.17, 15) is 14.7 Å². The summed E-state index contributed by atoms with van der Waals surface area (Å²) >= 11 is 0. The Labute approximate surface area is 183 Å². The normalized spacial score (nSPS) is 17.8. The highest BCUT2D eigenvalue weighted by Gasteiger charge is 2.46. The van der Waals surface area contributed by atoms with Gasteiger partial charge in [-0.05, 0) is 24.1 Å². The van der Waals surface area contributed by atoms with Crippen molar-refractivity contribution < 1.29 is 24.2 Å². The summed E-state index contributed by atoms with van der Waals surface area (Å²) in [5.41, 5.74) is 1.28. The maximum Gasteiger partial charge on any atom is 0.295 e. The van der Waals surface area contributed by atoms with Gasteiger partial charge in [-0.25, -0.2) is 0 Å². The number of methoxy groups -OCH3 is 2. The molecule has 1 N–H and O–H groups in total. The number of rotatable bonds is 9. The van der Waals surface area contributed by atoms with E-state index >= 15 is 0 Å². The highest BCUT2D eigenvalue weighted by Crippen LogP contribution is 2.42. The van der Waals surface area contributed by atoms with Crippen LogP contribution in [0.3, 0.4) is 0 Å². The zero-order valence-corrected chi connectivity index (χ0v) is 18.3. The molecule has 2 aromatic carbocycles. The molecule has 1 heterocycles. The van der Waals surface area contributed by atoms with E-state index in [4.69, 9.17) is 9.47 Å². The molecule has 0 saturated carbocycles. The first-order valence-corrected chi connectivity index (χ1v) is 10.6. The highest BCUT2D eigenvalue weighted by atomic mass is 16.5. The third-order valence-electron chi connectivity index (χ3n) is 5.56. The fraction of sp³-hybridized carbons (Fsp3) is 0.360. The molecule has 31 heavy (non-hydrogen) atoms. The lowest BCUT2D eigenvalue weighted by Gasteiger charge is -2.26. The van der Waals surface area contributed by atoms with Gasteiger partial charge in [0.25, 0.3) is 11.7 Å². The number of carbonyl (C=O) groups excluding carboxylic acids is 2. The van der Waals surface area contributed by atoms with Crippen LogP contribution in [0, 0.1) is 0 Å². The minimum atomic E-state index is -0.693. The van der Waals surface area contributed by atoms with Crippen LogP contribution < -0.4 is 9.47 Å². The van der Waals surface area contributed by atoms with Crippen molar-refractivity contribution in [1.82, 2.24) is 4.90 Å². The van der Waals surface area contributed by atoms with Crippen molar-refractivity contribution >= 4 is 17.4 Å². The van der Waals surface area contributed by atoms with Crippen LogP contribution >= 0.6 is 0 Å². The van der Waals surface area contributed by atoms with Gasteiger partial charge in [0, 0.05) is 12.1 Å². The second-order valence-electron chi connectivity index (χ2n) is 7.53. The minimum Gasteiger partial charge on any atom is -0.507 e. The fourth-order valence-electron chi connectivity index (χ4n) is 3.94. The molecule has 164 valence electrons. The van der Waals surface area contributed by atoms with Crippen LogP contribution in [0.25, 0.3) is 5.76 Å². The number of aliphatic hydroxyl groups excluding tert-OH is 1. The van der Waals surface area contributed by atoms with E-state index < -0.39 is 17.7 Å². The smallest absolute Gasteiger partial charge is 0.295 e. The zero-order chi connectivity index (χ0) is 22.4. The predicted molar refractivity (Wildman–Crippen MR) is 119 cm³/mol. The molecule has 6 heteroatoms. The zero-order valence-electron chi connectivity index (χ0n) is 18.3. The lowest BCUT2D eigenvalue weighted by Crippen LogP contribution is -2.30. The molecule has 2 aromatic rings. The number of Topliss-reactive ketones (excluding diaryl/α,β-unsaturated/α-hetero) is 1. The Morgan fingerprint density at radius 2 is 1.68 bits per heavy atom. The summed E-state index contributed by atoms with van der Waals surface area (Å²) in [5.74, 6) is -0.384. The lowest BCUT2D eigenvalue weighted by molar-refractivity contribution is -0.139. The monoisotopic (exact) mass is 423 g/mol. The molecule has 1 fully saturated rings. The number of ketones is 1. The van der Waals surface area contributed by atoms with Crippen LogP contribution in [0.1, 0.15) is 49.8 Å². The molecule has 0 bridgehead atoms.